The Hall–Kier alpha value is -1.40. The number of allylic oxidation sites excluding steroid dienone is 2. The van der Waals surface area contributed by atoms with E-state index in [2.05, 4.69) is 31.3 Å². The molecule has 0 saturated carbocycles. The zero-order valence-electron chi connectivity index (χ0n) is 53.9. The highest BCUT2D eigenvalue weighted by molar-refractivity contribution is 5.76. The smallest absolute Gasteiger partial charge is 0.305 e. The van der Waals surface area contributed by atoms with Crippen LogP contribution in [0.3, 0.4) is 0 Å². The van der Waals surface area contributed by atoms with Crippen LogP contribution in [0, 0.1) is 0 Å². The molecular formula is C73H143NO5. The topological polar surface area (TPSA) is 95.9 Å². The van der Waals surface area contributed by atoms with Crippen molar-refractivity contribution in [3.63, 3.8) is 0 Å². The maximum absolute atomic E-state index is 12.6. The second-order valence-electron chi connectivity index (χ2n) is 25.3. The maximum atomic E-state index is 12.6. The number of rotatable bonds is 69. The minimum atomic E-state index is -0.664. The molecule has 0 aliphatic heterocycles. The molecule has 2 unspecified atom stereocenters. The number of ether oxygens (including phenoxy) is 1. The average Bonchev–Trinajstić information content (AvgIpc) is 3.45. The lowest BCUT2D eigenvalue weighted by atomic mass is 10.0. The number of unbranched alkanes of at least 4 members (excludes halogenated alkanes) is 56. The predicted molar refractivity (Wildman–Crippen MR) is 347 cm³/mol. The van der Waals surface area contributed by atoms with Crippen LogP contribution in [-0.4, -0.2) is 47.4 Å². The van der Waals surface area contributed by atoms with Crippen molar-refractivity contribution < 1.29 is 24.5 Å². The van der Waals surface area contributed by atoms with Crippen LogP contribution in [0.5, 0.6) is 0 Å². The van der Waals surface area contributed by atoms with Gasteiger partial charge in [0.2, 0.25) is 5.91 Å². The molecule has 0 rings (SSSR count). The molecule has 79 heavy (non-hydrogen) atoms. The second kappa shape index (κ2) is 69.1. The average molecular weight is 1110 g/mol. The van der Waals surface area contributed by atoms with Crippen molar-refractivity contribution in [1.29, 1.82) is 0 Å². The molecule has 0 aromatic rings. The van der Waals surface area contributed by atoms with Gasteiger partial charge in [0, 0.05) is 12.8 Å². The molecule has 3 N–H and O–H groups in total. The van der Waals surface area contributed by atoms with E-state index in [1.165, 1.54) is 340 Å². The monoisotopic (exact) mass is 1110 g/mol. The van der Waals surface area contributed by atoms with Crippen LogP contribution in [-0.2, 0) is 14.3 Å². The van der Waals surface area contributed by atoms with Gasteiger partial charge in [-0.05, 0) is 51.4 Å². The molecule has 6 heteroatoms. The highest BCUT2D eigenvalue weighted by atomic mass is 16.5. The lowest BCUT2D eigenvalue weighted by Crippen LogP contribution is -2.45. The molecule has 2 atom stereocenters. The summed E-state index contributed by atoms with van der Waals surface area (Å²) >= 11 is 0. The Morgan fingerprint density at radius 2 is 0.595 bits per heavy atom. The summed E-state index contributed by atoms with van der Waals surface area (Å²) in [5, 5.41) is 23.4. The fourth-order valence-electron chi connectivity index (χ4n) is 11.8. The quantitative estimate of drug-likeness (QED) is 0.0320. The fraction of sp³-hybridized carbons (Fsp3) is 0.945. The third-order valence-electron chi connectivity index (χ3n) is 17.3. The minimum Gasteiger partial charge on any atom is -0.466 e. The van der Waals surface area contributed by atoms with Crippen molar-refractivity contribution in [2.45, 2.75) is 431 Å². The van der Waals surface area contributed by atoms with Crippen molar-refractivity contribution in [3.05, 3.63) is 12.2 Å². The molecule has 0 bridgehead atoms. The SMILES string of the molecule is CCCCCCCCC/C=C\CCCCCCCC(=O)OCCCCCCCCCCCCCCCCCCCCCCCCCCCC(=O)NC(CO)C(O)CCCCCCCCCCCCCCCCCCCCCCC. The molecule has 0 radical (unpaired) electrons. The van der Waals surface area contributed by atoms with E-state index in [0.717, 1.165) is 44.9 Å². The summed E-state index contributed by atoms with van der Waals surface area (Å²) in [6.45, 7) is 4.99. The standard InChI is InChI=1S/C73H143NO5/c1-3-5-7-9-11-13-15-17-19-21-22-28-31-34-37-41-45-49-53-57-61-65-71(76)70(69-75)74-72(77)66-62-58-54-50-46-42-38-35-32-29-26-24-23-25-27-30-33-36-40-44-48-52-56-60-64-68-79-73(78)67-63-59-55-51-47-43-39-20-18-16-14-12-10-8-6-4-2/h20,39,70-71,75-76H,3-19,21-38,40-69H2,1-2H3,(H,74,77)/b39-20-. The van der Waals surface area contributed by atoms with Crippen molar-refractivity contribution >= 4 is 11.9 Å². The molecule has 0 fully saturated rings. The Morgan fingerprint density at radius 1 is 0.342 bits per heavy atom. The molecule has 470 valence electrons. The summed E-state index contributed by atoms with van der Waals surface area (Å²) < 4.78 is 5.50. The number of esters is 1. The first-order chi connectivity index (χ1) is 39.0. The zero-order chi connectivity index (χ0) is 57.1. The van der Waals surface area contributed by atoms with Crippen LogP contribution in [0.4, 0.5) is 0 Å². The number of hydrogen-bond donors (Lipinski definition) is 3. The highest BCUT2D eigenvalue weighted by Crippen LogP contribution is 2.19. The van der Waals surface area contributed by atoms with Crippen molar-refractivity contribution in [1.82, 2.24) is 5.32 Å². The summed E-state index contributed by atoms with van der Waals surface area (Å²) in [5.74, 6) is -0.0179. The van der Waals surface area contributed by atoms with Crippen LogP contribution in [0.2, 0.25) is 0 Å². The number of amides is 1. The molecule has 0 aromatic carbocycles. The van der Waals surface area contributed by atoms with Crippen LogP contribution in [0.1, 0.15) is 418 Å². The van der Waals surface area contributed by atoms with Gasteiger partial charge >= 0.3 is 5.97 Å². The van der Waals surface area contributed by atoms with E-state index in [9.17, 15) is 19.8 Å². The summed E-state index contributed by atoms with van der Waals surface area (Å²) in [4.78, 5) is 24.6. The number of aliphatic hydroxyl groups is 2. The van der Waals surface area contributed by atoms with Gasteiger partial charge in [-0.2, -0.15) is 0 Å². The van der Waals surface area contributed by atoms with E-state index in [1.54, 1.807) is 0 Å². The van der Waals surface area contributed by atoms with Gasteiger partial charge in [0.1, 0.15) is 0 Å². The molecule has 1 amide bonds. The van der Waals surface area contributed by atoms with E-state index < -0.39 is 12.1 Å². The molecule has 0 saturated heterocycles. The first-order valence-electron chi connectivity index (χ1n) is 36.4. The van der Waals surface area contributed by atoms with Gasteiger partial charge in [-0.25, -0.2) is 0 Å². The Labute approximate surface area is 495 Å². The van der Waals surface area contributed by atoms with Gasteiger partial charge in [-0.1, -0.05) is 366 Å². The summed E-state index contributed by atoms with van der Waals surface area (Å²) in [6, 6.07) is -0.541. The predicted octanol–water partition coefficient (Wildman–Crippen LogP) is 23.5. The number of hydrogen-bond acceptors (Lipinski definition) is 5. The van der Waals surface area contributed by atoms with Crippen molar-refractivity contribution in [2.24, 2.45) is 0 Å². The first-order valence-corrected chi connectivity index (χ1v) is 36.4. The Balaban J connectivity index is 3.35. The summed E-state index contributed by atoms with van der Waals surface area (Å²) in [7, 11) is 0. The van der Waals surface area contributed by atoms with E-state index in [1.807, 2.05) is 0 Å². The van der Waals surface area contributed by atoms with E-state index in [4.69, 9.17) is 4.74 Å². The number of carbonyl (C=O) groups is 2. The normalized spacial score (nSPS) is 12.5. The Bertz CT molecular complexity index is 1190. The molecule has 6 nitrogen and oxygen atoms in total. The van der Waals surface area contributed by atoms with Crippen LogP contribution in [0.25, 0.3) is 0 Å². The van der Waals surface area contributed by atoms with Gasteiger partial charge in [0.15, 0.2) is 0 Å². The molecule has 0 heterocycles. The zero-order valence-corrected chi connectivity index (χ0v) is 53.9. The van der Waals surface area contributed by atoms with Crippen molar-refractivity contribution in [2.75, 3.05) is 13.2 Å². The van der Waals surface area contributed by atoms with Crippen LogP contribution < -0.4 is 5.32 Å². The van der Waals surface area contributed by atoms with E-state index >= 15 is 0 Å². The first kappa shape index (κ1) is 77.6. The largest absolute Gasteiger partial charge is 0.466 e. The van der Waals surface area contributed by atoms with Gasteiger partial charge in [0.05, 0.1) is 25.4 Å². The van der Waals surface area contributed by atoms with Gasteiger partial charge < -0.3 is 20.3 Å². The van der Waals surface area contributed by atoms with E-state index in [0.29, 0.717) is 25.9 Å². The fourth-order valence-corrected chi connectivity index (χ4v) is 11.8. The van der Waals surface area contributed by atoms with Crippen molar-refractivity contribution in [3.8, 4) is 0 Å². The van der Waals surface area contributed by atoms with E-state index in [-0.39, 0.29) is 18.5 Å². The summed E-state index contributed by atoms with van der Waals surface area (Å²) in [6.07, 6.45) is 85.5. The highest BCUT2D eigenvalue weighted by Gasteiger charge is 2.20. The third-order valence-corrected chi connectivity index (χ3v) is 17.3. The third kappa shape index (κ3) is 65.6. The maximum Gasteiger partial charge on any atom is 0.305 e. The van der Waals surface area contributed by atoms with Gasteiger partial charge in [0.25, 0.3) is 0 Å². The molecule has 0 aliphatic carbocycles. The molecule has 0 aromatic heterocycles. The lowest BCUT2D eigenvalue weighted by molar-refractivity contribution is -0.143. The summed E-state index contributed by atoms with van der Waals surface area (Å²) in [5.41, 5.74) is 0. The number of aliphatic hydroxyl groups excluding tert-OH is 2. The van der Waals surface area contributed by atoms with Crippen LogP contribution >= 0.6 is 0 Å². The lowest BCUT2D eigenvalue weighted by Gasteiger charge is -2.22. The second-order valence-corrected chi connectivity index (χ2v) is 25.3. The Kier molecular flexibility index (Phi) is 67.9. The van der Waals surface area contributed by atoms with Crippen LogP contribution in [0.15, 0.2) is 12.2 Å². The molecular weight excluding hydrogens is 971 g/mol. The molecule has 0 spiro atoms. The number of carbonyl (C=O) groups excluding carboxylic acids is 2. The minimum absolute atomic E-state index is 0.0103. The molecule has 0 aliphatic rings. The van der Waals surface area contributed by atoms with Gasteiger partial charge in [-0.15, -0.1) is 0 Å². The van der Waals surface area contributed by atoms with Gasteiger partial charge in [-0.3, -0.25) is 9.59 Å². The Morgan fingerprint density at radius 3 is 0.899 bits per heavy atom. The number of nitrogens with one attached hydrogen (secondary N) is 1.